The topological polar surface area (TPSA) is 75.6 Å². The van der Waals surface area contributed by atoms with E-state index in [9.17, 15) is 14.7 Å². The summed E-state index contributed by atoms with van der Waals surface area (Å²) in [6.07, 6.45) is 3.90. The number of rotatable bonds is 7. The molecular formula is C14H25NO4. The fraction of sp³-hybridized carbons (Fsp3) is 0.857. The van der Waals surface area contributed by atoms with Gasteiger partial charge in [-0.05, 0) is 32.1 Å². The van der Waals surface area contributed by atoms with Crippen LogP contribution < -0.4 is 5.32 Å². The summed E-state index contributed by atoms with van der Waals surface area (Å²) in [5.41, 5.74) is -1.06. The highest BCUT2D eigenvalue weighted by Gasteiger charge is 2.42. The van der Waals surface area contributed by atoms with Gasteiger partial charge in [0.05, 0.1) is 0 Å². The molecule has 5 heteroatoms. The molecule has 1 aliphatic rings. The van der Waals surface area contributed by atoms with Crippen molar-refractivity contribution in [2.75, 3.05) is 13.2 Å². The summed E-state index contributed by atoms with van der Waals surface area (Å²) in [6.45, 7) is 5.12. The van der Waals surface area contributed by atoms with E-state index in [-0.39, 0.29) is 5.91 Å². The molecule has 0 bridgehead atoms. The number of hydrogen-bond acceptors (Lipinski definition) is 3. The molecule has 0 heterocycles. The minimum Gasteiger partial charge on any atom is -0.480 e. The first-order valence-corrected chi connectivity index (χ1v) is 7.12. The lowest BCUT2D eigenvalue weighted by atomic mass is 9.76. The maximum absolute atomic E-state index is 11.9. The van der Waals surface area contributed by atoms with E-state index < -0.39 is 11.5 Å². The summed E-state index contributed by atoms with van der Waals surface area (Å²) in [7, 11) is 0. The Labute approximate surface area is 114 Å². The molecule has 1 fully saturated rings. The Balaban J connectivity index is 2.49. The SMILES string of the molecule is CCOCCCC(=O)NC1(C(=O)O)CCCC(C)C1. The minimum atomic E-state index is -1.06. The van der Waals surface area contributed by atoms with Crippen LogP contribution in [-0.2, 0) is 14.3 Å². The summed E-state index contributed by atoms with van der Waals surface area (Å²) in [6, 6.07) is 0. The lowest BCUT2D eigenvalue weighted by Gasteiger charge is -2.37. The number of carbonyl (C=O) groups is 2. The van der Waals surface area contributed by atoms with Crippen molar-refractivity contribution >= 4 is 11.9 Å². The maximum Gasteiger partial charge on any atom is 0.329 e. The summed E-state index contributed by atoms with van der Waals surface area (Å²) in [5.74, 6) is -0.748. The Bertz CT molecular complexity index is 319. The number of amides is 1. The second kappa shape index (κ2) is 7.48. The van der Waals surface area contributed by atoms with E-state index in [1.807, 2.05) is 13.8 Å². The average Bonchev–Trinajstić information content (AvgIpc) is 2.34. The van der Waals surface area contributed by atoms with Crippen molar-refractivity contribution in [3.8, 4) is 0 Å². The number of carboxylic acids is 1. The molecule has 0 spiro atoms. The molecule has 1 amide bonds. The van der Waals surface area contributed by atoms with E-state index in [1.54, 1.807) is 0 Å². The van der Waals surface area contributed by atoms with Crippen molar-refractivity contribution in [2.24, 2.45) is 5.92 Å². The number of hydrogen-bond donors (Lipinski definition) is 2. The molecule has 0 radical (unpaired) electrons. The quantitative estimate of drug-likeness (QED) is 0.694. The molecule has 110 valence electrons. The van der Waals surface area contributed by atoms with Crippen molar-refractivity contribution in [1.82, 2.24) is 5.32 Å². The first-order valence-electron chi connectivity index (χ1n) is 7.12. The molecule has 0 aliphatic heterocycles. The normalized spacial score (nSPS) is 26.9. The lowest BCUT2D eigenvalue weighted by Crippen LogP contribution is -2.56. The molecule has 0 aromatic carbocycles. The van der Waals surface area contributed by atoms with E-state index in [4.69, 9.17) is 4.74 Å². The van der Waals surface area contributed by atoms with Gasteiger partial charge in [-0.1, -0.05) is 19.8 Å². The van der Waals surface area contributed by atoms with Crippen LogP contribution in [0.25, 0.3) is 0 Å². The van der Waals surface area contributed by atoms with Gasteiger partial charge in [0.2, 0.25) is 5.91 Å². The van der Waals surface area contributed by atoms with Gasteiger partial charge in [-0.3, -0.25) is 4.79 Å². The third-order valence-electron chi connectivity index (χ3n) is 3.68. The summed E-state index contributed by atoms with van der Waals surface area (Å²) in [5, 5.41) is 12.2. The third-order valence-corrected chi connectivity index (χ3v) is 3.68. The van der Waals surface area contributed by atoms with Gasteiger partial charge in [0.15, 0.2) is 0 Å². The summed E-state index contributed by atoms with van der Waals surface area (Å²) in [4.78, 5) is 23.4. The van der Waals surface area contributed by atoms with Gasteiger partial charge in [-0.2, -0.15) is 0 Å². The number of nitrogens with one attached hydrogen (secondary N) is 1. The van der Waals surface area contributed by atoms with Crippen molar-refractivity contribution in [3.63, 3.8) is 0 Å². The number of carboxylic acid groups (broad SMARTS) is 1. The van der Waals surface area contributed by atoms with Crippen molar-refractivity contribution in [1.29, 1.82) is 0 Å². The van der Waals surface area contributed by atoms with Gasteiger partial charge < -0.3 is 15.2 Å². The van der Waals surface area contributed by atoms with Crippen LogP contribution in [0.15, 0.2) is 0 Å². The van der Waals surface area contributed by atoms with E-state index >= 15 is 0 Å². The molecule has 0 aromatic heterocycles. The second-order valence-corrected chi connectivity index (χ2v) is 5.44. The average molecular weight is 271 g/mol. The van der Waals surface area contributed by atoms with Crippen molar-refractivity contribution < 1.29 is 19.4 Å². The molecular weight excluding hydrogens is 246 g/mol. The highest BCUT2D eigenvalue weighted by atomic mass is 16.5. The molecule has 19 heavy (non-hydrogen) atoms. The van der Waals surface area contributed by atoms with E-state index in [2.05, 4.69) is 5.32 Å². The standard InChI is InChI=1S/C14H25NO4/c1-3-19-9-5-7-12(16)15-14(13(17)18)8-4-6-11(2)10-14/h11H,3-10H2,1-2H3,(H,15,16)(H,17,18). The molecule has 1 aliphatic carbocycles. The number of ether oxygens (including phenoxy) is 1. The lowest BCUT2D eigenvalue weighted by molar-refractivity contribution is -0.150. The maximum atomic E-state index is 11.9. The van der Waals surface area contributed by atoms with Crippen molar-refractivity contribution in [2.45, 2.75) is 57.9 Å². The van der Waals surface area contributed by atoms with Crippen LogP contribution in [0.2, 0.25) is 0 Å². The fourth-order valence-electron chi connectivity index (χ4n) is 2.72. The Morgan fingerprint density at radius 2 is 2.21 bits per heavy atom. The Morgan fingerprint density at radius 3 is 2.79 bits per heavy atom. The van der Waals surface area contributed by atoms with Crippen LogP contribution in [0.3, 0.4) is 0 Å². The van der Waals surface area contributed by atoms with Crippen LogP contribution in [0.5, 0.6) is 0 Å². The van der Waals surface area contributed by atoms with Gasteiger partial charge in [0, 0.05) is 19.6 Å². The predicted octanol–water partition coefficient (Wildman–Crippen LogP) is 1.95. The first kappa shape index (κ1) is 16.0. The highest BCUT2D eigenvalue weighted by Crippen LogP contribution is 2.32. The summed E-state index contributed by atoms with van der Waals surface area (Å²) < 4.78 is 5.17. The van der Waals surface area contributed by atoms with Gasteiger partial charge in [-0.25, -0.2) is 4.79 Å². The Morgan fingerprint density at radius 1 is 1.47 bits per heavy atom. The predicted molar refractivity (Wildman–Crippen MR) is 71.9 cm³/mol. The molecule has 2 unspecified atom stereocenters. The van der Waals surface area contributed by atoms with E-state index in [1.165, 1.54) is 0 Å². The van der Waals surface area contributed by atoms with Crippen LogP contribution in [-0.4, -0.2) is 35.7 Å². The largest absolute Gasteiger partial charge is 0.480 e. The number of aliphatic carboxylic acids is 1. The zero-order valence-electron chi connectivity index (χ0n) is 11.9. The Hall–Kier alpha value is -1.10. The zero-order valence-corrected chi connectivity index (χ0v) is 11.9. The molecule has 5 nitrogen and oxygen atoms in total. The van der Waals surface area contributed by atoms with E-state index in [0.717, 1.165) is 12.8 Å². The van der Waals surface area contributed by atoms with Crippen LogP contribution in [0.1, 0.15) is 52.4 Å². The molecule has 2 atom stereocenters. The van der Waals surface area contributed by atoms with E-state index in [0.29, 0.717) is 44.8 Å². The van der Waals surface area contributed by atoms with Crippen molar-refractivity contribution in [3.05, 3.63) is 0 Å². The number of carbonyl (C=O) groups excluding carboxylic acids is 1. The molecule has 1 rings (SSSR count). The van der Waals surface area contributed by atoms with Crippen LogP contribution in [0.4, 0.5) is 0 Å². The second-order valence-electron chi connectivity index (χ2n) is 5.44. The third kappa shape index (κ3) is 4.82. The monoisotopic (exact) mass is 271 g/mol. The molecule has 2 N–H and O–H groups in total. The first-order chi connectivity index (χ1) is 9.00. The van der Waals surface area contributed by atoms with Gasteiger partial charge in [0.25, 0.3) is 0 Å². The summed E-state index contributed by atoms with van der Waals surface area (Å²) >= 11 is 0. The fourth-order valence-corrected chi connectivity index (χ4v) is 2.72. The molecule has 0 saturated heterocycles. The minimum absolute atomic E-state index is 0.184. The van der Waals surface area contributed by atoms with Crippen LogP contribution >= 0.6 is 0 Å². The zero-order chi connectivity index (χ0) is 14.3. The van der Waals surface area contributed by atoms with Crippen LogP contribution in [0, 0.1) is 5.92 Å². The van der Waals surface area contributed by atoms with Gasteiger partial charge in [0.1, 0.15) is 5.54 Å². The molecule has 0 aromatic rings. The van der Waals surface area contributed by atoms with Gasteiger partial charge >= 0.3 is 5.97 Å². The smallest absolute Gasteiger partial charge is 0.329 e. The van der Waals surface area contributed by atoms with Gasteiger partial charge in [-0.15, -0.1) is 0 Å². The highest BCUT2D eigenvalue weighted by molar-refractivity contribution is 5.87. The Kier molecular flexibility index (Phi) is 6.28. The molecule has 1 saturated carbocycles.